The molecule has 1 aliphatic heterocycles. The summed E-state index contributed by atoms with van der Waals surface area (Å²) in [6, 6.07) is 17.9. The molecule has 1 unspecified atom stereocenters. The number of fused-ring (bicyclic) bond motifs is 1. The topological polar surface area (TPSA) is 64.0 Å². The molecule has 0 saturated carbocycles. The van der Waals surface area contributed by atoms with Gasteiger partial charge in [-0.05, 0) is 30.5 Å². The molecule has 0 fully saturated rings. The molecule has 1 aliphatic rings. The average Bonchev–Trinajstić information content (AvgIpc) is 3.18. The highest BCUT2D eigenvalue weighted by Crippen LogP contribution is 2.32. The minimum Gasteiger partial charge on any atom is -0.310 e. The first kappa shape index (κ1) is 17.7. The molecule has 1 amide bonds. The lowest BCUT2D eigenvalue weighted by Gasteiger charge is -2.13. The quantitative estimate of drug-likeness (QED) is 0.738. The van der Waals surface area contributed by atoms with Crippen LogP contribution in [0, 0.1) is 6.92 Å². The van der Waals surface area contributed by atoms with Gasteiger partial charge >= 0.3 is 0 Å². The Morgan fingerprint density at radius 2 is 1.85 bits per heavy atom. The number of hydrogen-bond donors (Lipinski definition) is 1. The number of aromatic nitrogens is 2. The van der Waals surface area contributed by atoms with Crippen molar-refractivity contribution in [2.45, 2.75) is 31.3 Å². The minimum absolute atomic E-state index is 0.0610. The molecule has 2 aromatic carbocycles. The second-order valence-corrected chi connectivity index (χ2v) is 8.19. The van der Waals surface area contributed by atoms with E-state index in [-0.39, 0.29) is 5.91 Å². The summed E-state index contributed by atoms with van der Waals surface area (Å²) in [4.78, 5) is 12.6. The van der Waals surface area contributed by atoms with Gasteiger partial charge in [-0.2, -0.15) is 5.10 Å². The zero-order valence-corrected chi connectivity index (χ0v) is 16.0. The van der Waals surface area contributed by atoms with E-state index in [0.717, 1.165) is 28.1 Å². The minimum atomic E-state index is -0.944. The molecule has 2 heterocycles. The summed E-state index contributed by atoms with van der Waals surface area (Å²) in [5, 5.41) is 7.69. The van der Waals surface area contributed by atoms with Crippen LogP contribution in [0.3, 0.4) is 0 Å². The number of nitrogens with zero attached hydrogens (tertiary/aromatic N) is 2. The van der Waals surface area contributed by atoms with Gasteiger partial charge in [0.05, 0.1) is 22.9 Å². The van der Waals surface area contributed by atoms with Crippen LogP contribution in [-0.4, -0.2) is 19.9 Å². The summed E-state index contributed by atoms with van der Waals surface area (Å²) in [6.45, 7) is 2.02. The number of anilines is 1. The molecule has 5 nitrogen and oxygen atoms in total. The number of aryl methyl sites for hydroxylation is 2. The van der Waals surface area contributed by atoms with E-state index in [1.165, 1.54) is 0 Å². The monoisotopic (exact) mass is 379 g/mol. The molecular formula is C21H21N3O2S. The van der Waals surface area contributed by atoms with Crippen molar-refractivity contribution in [2.24, 2.45) is 0 Å². The van der Waals surface area contributed by atoms with Crippen LogP contribution in [0.2, 0.25) is 0 Å². The molecule has 0 bridgehead atoms. The predicted octanol–water partition coefficient (Wildman–Crippen LogP) is 3.51. The van der Waals surface area contributed by atoms with Gasteiger partial charge in [-0.25, -0.2) is 4.68 Å². The van der Waals surface area contributed by atoms with E-state index in [0.29, 0.717) is 30.2 Å². The van der Waals surface area contributed by atoms with Crippen LogP contribution in [0.4, 0.5) is 5.82 Å². The maximum Gasteiger partial charge on any atom is 0.225 e. The fraction of sp³-hybridized carbons (Fsp3) is 0.238. The number of nitrogens with one attached hydrogen (secondary N) is 1. The fourth-order valence-corrected chi connectivity index (χ4v) is 4.59. The zero-order chi connectivity index (χ0) is 18.8. The van der Waals surface area contributed by atoms with Gasteiger partial charge in [0.1, 0.15) is 5.82 Å². The van der Waals surface area contributed by atoms with Crippen LogP contribution in [0.25, 0.3) is 5.69 Å². The van der Waals surface area contributed by atoms with Crippen molar-refractivity contribution in [3.63, 3.8) is 0 Å². The van der Waals surface area contributed by atoms with E-state index in [1.54, 1.807) is 4.68 Å². The molecule has 0 saturated heterocycles. The Labute approximate surface area is 160 Å². The van der Waals surface area contributed by atoms with Gasteiger partial charge in [0, 0.05) is 22.8 Å². The molecule has 138 valence electrons. The van der Waals surface area contributed by atoms with Crippen molar-refractivity contribution in [2.75, 3.05) is 5.32 Å². The number of carbonyl (C=O) groups excluding carboxylic acids is 1. The molecule has 1 aromatic heterocycles. The second-order valence-electron chi connectivity index (χ2n) is 6.73. The summed E-state index contributed by atoms with van der Waals surface area (Å²) in [5.41, 5.74) is 4.83. The number of carbonyl (C=O) groups is 1. The predicted molar refractivity (Wildman–Crippen MR) is 107 cm³/mol. The van der Waals surface area contributed by atoms with Crippen molar-refractivity contribution in [1.29, 1.82) is 0 Å². The summed E-state index contributed by atoms with van der Waals surface area (Å²) in [6.07, 6.45) is 1.07. The first-order valence-corrected chi connectivity index (χ1v) is 10.5. The van der Waals surface area contributed by atoms with E-state index in [1.807, 2.05) is 61.5 Å². The van der Waals surface area contributed by atoms with Crippen LogP contribution >= 0.6 is 0 Å². The lowest BCUT2D eigenvalue weighted by molar-refractivity contribution is -0.116. The SMILES string of the molecule is Cc1ccccc1-n1nc2c(c1NC(=O)CCc1ccccc1)CS(=O)C2. The Balaban J connectivity index is 1.60. The van der Waals surface area contributed by atoms with Crippen LogP contribution in [0.15, 0.2) is 54.6 Å². The van der Waals surface area contributed by atoms with Crippen LogP contribution in [0.5, 0.6) is 0 Å². The third-order valence-corrected chi connectivity index (χ3v) is 5.96. The maximum absolute atomic E-state index is 12.6. The Kier molecular flexibility index (Phi) is 4.90. The van der Waals surface area contributed by atoms with Crippen molar-refractivity contribution in [3.05, 3.63) is 77.0 Å². The van der Waals surface area contributed by atoms with E-state index in [2.05, 4.69) is 10.4 Å². The molecule has 0 spiro atoms. The van der Waals surface area contributed by atoms with E-state index in [4.69, 9.17) is 0 Å². The number of amides is 1. The van der Waals surface area contributed by atoms with Crippen LogP contribution < -0.4 is 5.32 Å². The number of hydrogen-bond acceptors (Lipinski definition) is 3. The van der Waals surface area contributed by atoms with Gasteiger partial charge in [-0.3, -0.25) is 9.00 Å². The Bertz CT molecular complexity index is 1010. The third kappa shape index (κ3) is 3.71. The average molecular weight is 379 g/mol. The van der Waals surface area contributed by atoms with Crippen molar-refractivity contribution >= 4 is 22.5 Å². The molecule has 0 aliphatic carbocycles. The second kappa shape index (κ2) is 7.48. The van der Waals surface area contributed by atoms with E-state index < -0.39 is 10.8 Å². The smallest absolute Gasteiger partial charge is 0.225 e. The third-order valence-electron chi connectivity index (χ3n) is 4.75. The maximum atomic E-state index is 12.6. The van der Waals surface area contributed by atoms with Crippen molar-refractivity contribution in [3.8, 4) is 5.69 Å². The zero-order valence-electron chi connectivity index (χ0n) is 15.1. The van der Waals surface area contributed by atoms with Crippen LogP contribution in [0.1, 0.15) is 28.8 Å². The summed E-state index contributed by atoms with van der Waals surface area (Å²) >= 11 is 0. The van der Waals surface area contributed by atoms with Gasteiger partial charge in [-0.1, -0.05) is 48.5 Å². The highest BCUT2D eigenvalue weighted by Gasteiger charge is 2.28. The Morgan fingerprint density at radius 1 is 1.11 bits per heavy atom. The molecule has 27 heavy (non-hydrogen) atoms. The molecule has 3 aromatic rings. The lowest BCUT2D eigenvalue weighted by Crippen LogP contribution is -2.17. The largest absolute Gasteiger partial charge is 0.310 e. The first-order valence-electron chi connectivity index (χ1n) is 8.97. The first-order chi connectivity index (χ1) is 13.1. The summed E-state index contributed by atoms with van der Waals surface area (Å²) in [7, 11) is -0.944. The van der Waals surface area contributed by atoms with Crippen molar-refractivity contribution in [1.82, 2.24) is 9.78 Å². The fourth-order valence-electron chi connectivity index (χ4n) is 3.33. The molecule has 1 N–H and O–H groups in total. The molecule has 4 rings (SSSR count). The highest BCUT2D eigenvalue weighted by atomic mass is 32.2. The number of para-hydroxylation sites is 1. The molecule has 1 atom stereocenters. The molecule has 0 radical (unpaired) electrons. The van der Waals surface area contributed by atoms with Gasteiger partial charge in [0.15, 0.2) is 0 Å². The van der Waals surface area contributed by atoms with E-state index >= 15 is 0 Å². The molecule has 6 heteroatoms. The van der Waals surface area contributed by atoms with Gasteiger partial charge < -0.3 is 5.32 Å². The normalized spacial score (nSPS) is 15.5. The lowest BCUT2D eigenvalue weighted by atomic mass is 10.1. The van der Waals surface area contributed by atoms with E-state index in [9.17, 15) is 9.00 Å². The van der Waals surface area contributed by atoms with Gasteiger partial charge in [-0.15, -0.1) is 0 Å². The van der Waals surface area contributed by atoms with Crippen LogP contribution in [-0.2, 0) is 33.5 Å². The summed E-state index contributed by atoms with van der Waals surface area (Å²) in [5.74, 6) is 1.48. The highest BCUT2D eigenvalue weighted by molar-refractivity contribution is 7.83. The Hall–Kier alpha value is -2.73. The standard InChI is InChI=1S/C21H21N3O2S/c1-15-7-5-6-10-19(15)24-21(17-13-27(26)14-18(17)23-24)22-20(25)12-11-16-8-3-2-4-9-16/h2-10H,11-14H2,1H3,(H,22,25). The molecular weight excluding hydrogens is 358 g/mol. The van der Waals surface area contributed by atoms with Crippen molar-refractivity contribution < 1.29 is 9.00 Å². The summed E-state index contributed by atoms with van der Waals surface area (Å²) < 4.78 is 13.8. The van der Waals surface area contributed by atoms with Gasteiger partial charge in [0.2, 0.25) is 5.91 Å². The number of benzene rings is 2. The Morgan fingerprint density at radius 3 is 2.63 bits per heavy atom. The number of rotatable bonds is 5. The van der Waals surface area contributed by atoms with Gasteiger partial charge in [0.25, 0.3) is 0 Å².